The summed E-state index contributed by atoms with van der Waals surface area (Å²) in [6.45, 7) is 15.9. The molecular weight excluding hydrogens is 652 g/mol. The van der Waals surface area contributed by atoms with Gasteiger partial charge in [-0.25, -0.2) is 0 Å². The molecule has 0 saturated carbocycles. The van der Waals surface area contributed by atoms with Gasteiger partial charge in [-0.15, -0.1) is 13.2 Å². The molecule has 0 aliphatic carbocycles. The maximum Gasteiger partial charge on any atom is 0.253 e. The lowest BCUT2D eigenvalue weighted by molar-refractivity contribution is -0.149. The fraction of sp³-hybridized carbons (Fsp3) is 0.419. The highest BCUT2D eigenvalue weighted by Crippen LogP contribution is 2.65. The van der Waals surface area contributed by atoms with E-state index < -0.39 is 35.1 Å². The zero-order valence-electron chi connectivity index (χ0n) is 30.7. The fourth-order valence-corrected chi connectivity index (χ4v) is 9.10. The first-order valence-electron chi connectivity index (χ1n) is 18.7. The summed E-state index contributed by atoms with van der Waals surface area (Å²) < 4.78 is 7.14. The molecule has 3 heterocycles. The summed E-state index contributed by atoms with van der Waals surface area (Å²) in [4.78, 5) is 52.7. The molecule has 0 radical (unpaired) electrons. The van der Waals surface area contributed by atoms with E-state index in [4.69, 9.17) is 4.74 Å². The number of carbonyl (C=O) groups is 3. The standard InChI is InChI=1S/C43H52N4O5/c1-6-27-45(33-19-15-12-16-20-33)39(49)36-37-40(50)47(35(30-48)29-31-17-13-11-14-18-31)38(43(37)26-25-42(36,8-3)52-43)41(51)46(28-7-2)34-23-21-32(22-24-34)44(9-4)10-5/h6-7,11-24,35-38,48H,1-2,8-10,25-30H2,3-5H3/t35-,36+,37+,38?,42-,43?/m1/s1. The third-order valence-electron chi connectivity index (χ3n) is 11.6. The average Bonchev–Trinajstić information content (AvgIpc) is 3.79. The Morgan fingerprint density at radius 1 is 0.846 bits per heavy atom. The number of hydrogen-bond donors (Lipinski definition) is 1. The molecule has 9 heteroatoms. The van der Waals surface area contributed by atoms with Crippen molar-refractivity contribution in [2.45, 2.75) is 69.7 Å². The summed E-state index contributed by atoms with van der Waals surface area (Å²) in [5.74, 6) is -2.62. The van der Waals surface area contributed by atoms with Crippen LogP contribution in [0.5, 0.6) is 0 Å². The second kappa shape index (κ2) is 15.5. The van der Waals surface area contributed by atoms with Crippen molar-refractivity contribution in [2.24, 2.45) is 11.8 Å². The highest BCUT2D eigenvalue weighted by molar-refractivity contribution is 6.07. The van der Waals surface area contributed by atoms with E-state index in [0.29, 0.717) is 37.1 Å². The lowest BCUT2D eigenvalue weighted by atomic mass is 9.64. The molecule has 3 fully saturated rings. The number of ether oxygens (including phenoxy) is 1. The second-order valence-electron chi connectivity index (χ2n) is 14.1. The number of para-hydroxylation sites is 1. The van der Waals surface area contributed by atoms with Crippen molar-refractivity contribution in [3.8, 4) is 0 Å². The van der Waals surface area contributed by atoms with Gasteiger partial charge in [-0.2, -0.15) is 0 Å². The number of carbonyl (C=O) groups excluding carboxylic acids is 3. The highest BCUT2D eigenvalue weighted by Gasteiger charge is 2.79. The van der Waals surface area contributed by atoms with Crippen molar-refractivity contribution < 1.29 is 24.2 Å². The molecule has 52 heavy (non-hydrogen) atoms. The van der Waals surface area contributed by atoms with Crippen molar-refractivity contribution in [1.29, 1.82) is 0 Å². The molecule has 3 aliphatic rings. The molecule has 3 amide bonds. The summed E-state index contributed by atoms with van der Waals surface area (Å²) >= 11 is 0. The van der Waals surface area contributed by atoms with Gasteiger partial charge in [-0.1, -0.05) is 67.6 Å². The number of nitrogens with zero attached hydrogens (tertiary/aromatic N) is 4. The molecule has 3 aromatic carbocycles. The number of likely N-dealkylation sites (tertiary alicyclic amines) is 1. The van der Waals surface area contributed by atoms with Crippen LogP contribution in [0.25, 0.3) is 0 Å². The Balaban J connectivity index is 1.47. The maximum absolute atomic E-state index is 15.4. The van der Waals surface area contributed by atoms with Gasteiger partial charge in [0.1, 0.15) is 11.6 Å². The third-order valence-corrected chi connectivity index (χ3v) is 11.6. The molecule has 1 N–H and O–H groups in total. The molecule has 9 nitrogen and oxygen atoms in total. The Hall–Kier alpha value is -4.73. The van der Waals surface area contributed by atoms with Gasteiger partial charge in [0, 0.05) is 43.2 Å². The van der Waals surface area contributed by atoms with E-state index in [9.17, 15) is 9.90 Å². The van der Waals surface area contributed by atoms with Crippen LogP contribution in [0.2, 0.25) is 0 Å². The van der Waals surface area contributed by atoms with Crippen LogP contribution in [0.4, 0.5) is 17.1 Å². The Bertz CT molecular complexity index is 1750. The first-order valence-corrected chi connectivity index (χ1v) is 18.7. The predicted octanol–water partition coefficient (Wildman–Crippen LogP) is 6.03. The van der Waals surface area contributed by atoms with Crippen LogP contribution < -0.4 is 14.7 Å². The van der Waals surface area contributed by atoms with Gasteiger partial charge >= 0.3 is 0 Å². The maximum atomic E-state index is 15.4. The molecule has 2 unspecified atom stereocenters. The molecule has 3 aliphatic heterocycles. The molecule has 3 saturated heterocycles. The van der Waals surface area contributed by atoms with E-state index in [0.717, 1.165) is 24.3 Å². The average molecular weight is 705 g/mol. The third kappa shape index (κ3) is 6.24. The quantitative estimate of drug-likeness (QED) is 0.183. The largest absolute Gasteiger partial charge is 0.394 e. The Morgan fingerprint density at radius 2 is 1.40 bits per heavy atom. The van der Waals surface area contributed by atoms with Gasteiger partial charge in [-0.3, -0.25) is 14.4 Å². The summed E-state index contributed by atoms with van der Waals surface area (Å²) in [6, 6.07) is 25.1. The molecule has 274 valence electrons. The van der Waals surface area contributed by atoms with E-state index in [-0.39, 0.29) is 37.4 Å². The molecule has 1 spiro atoms. The molecular formula is C43H52N4O5. The minimum atomic E-state index is -1.27. The lowest BCUT2D eigenvalue weighted by Crippen LogP contribution is -2.59. The summed E-state index contributed by atoms with van der Waals surface area (Å²) in [7, 11) is 0. The first-order chi connectivity index (χ1) is 25.2. The van der Waals surface area contributed by atoms with Gasteiger partial charge in [0.15, 0.2) is 0 Å². The van der Waals surface area contributed by atoms with Crippen molar-refractivity contribution in [3.05, 3.63) is 116 Å². The number of amides is 3. The summed E-state index contributed by atoms with van der Waals surface area (Å²) in [6.07, 6.45) is 5.17. The monoisotopic (exact) mass is 704 g/mol. The van der Waals surface area contributed by atoms with Gasteiger partial charge in [0.25, 0.3) is 5.91 Å². The molecule has 6 atom stereocenters. The second-order valence-corrected chi connectivity index (χ2v) is 14.1. The van der Waals surface area contributed by atoms with Gasteiger partial charge in [0.05, 0.1) is 30.1 Å². The number of aliphatic hydroxyl groups is 1. The zero-order chi connectivity index (χ0) is 37.0. The normalized spacial score (nSPS) is 25.0. The highest BCUT2D eigenvalue weighted by atomic mass is 16.5. The van der Waals surface area contributed by atoms with Crippen LogP contribution in [-0.2, 0) is 25.5 Å². The van der Waals surface area contributed by atoms with Crippen molar-refractivity contribution in [1.82, 2.24) is 4.90 Å². The number of anilines is 3. The first kappa shape index (κ1) is 37.0. The Labute approximate surface area is 308 Å². The van der Waals surface area contributed by atoms with E-state index in [1.54, 1.807) is 26.9 Å². The lowest BCUT2D eigenvalue weighted by Gasteiger charge is -2.39. The van der Waals surface area contributed by atoms with Crippen LogP contribution in [0, 0.1) is 11.8 Å². The van der Waals surface area contributed by atoms with Crippen LogP contribution in [-0.4, -0.2) is 83.8 Å². The van der Waals surface area contributed by atoms with Crippen LogP contribution in [0.1, 0.15) is 45.6 Å². The smallest absolute Gasteiger partial charge is 0.253 e. The summed E-state index contributed by atoms with van der Waals surface area (Å²) in [5, 5.41) is 11.0. The predicted molar refractivity (Wildman–Crippen MR) is 206 cm³/mol. The number of benzene rings is 3. The van der Waals surface area contributed by atoms with Crippen molar-refractivity contribution in [2.75, 3.05) is 47.5 Å². The summed E-state index contributed by atoms with van der Waals surface area (Å²) in [5.41, 5.74) is 1.14. The Kier molecular flexibility index (Phi) is 11.0. The van der Waals surface area contributed by atoms with E-state index in [2.05, 4.69) is 31.9 Å². The molecule has 0 aromatic heterocycles. The minimum absolute atomic E-state index is 0.202. The Morgan fingerprint density at radius 3 is 1.96 bits per heavy atom. The topological polar surface area (TPSA) is 93.6 Å². The number of rotatable bonds is 16. The number of fused-ring (bicyclic) bond motifs is 1. The SMILES string of the molecule is C=CCN(C(=O)C1N([C@@H](CO)Cc2ccccc2)C(=O)[C@@H]2[C@@H](C(=O)N(CC=C)c3ccccc3)[C@@]3(CC)CCC12O3)c1ccc(N(CC)CC)cc1. The van der Waals surface area contributed by atoms with Gasteiger partial charge in [0.2, 0.25) is 11.8 Å². The zero-order valence-corrected chi connectivity index (χ0v) is 30.7. The molecule has 6 rings (SSSR count). The van der Waals surface area contributed by atoms with Gasteiger partial charge in [-0.05, 0) is 81.5 Å². The number of hydrogen-bond acceptors (Lipinski definition) is 6. The van der Waals surface area contributed by atoms with E-state index in [1.807, 2.05) is 91.9 Å². The van der Waals surface area contributed by atoms with Crippen molar-refractivity contribution >= 4 is 34.8 Å². The molecule has 2 bridgehead atoms. The minimum Gasteiger partial charge on any atom is -0.394 e. The fourth-order valence-electron chi connectivity index (χ4n) is 9.10. The van der Waals surface area contributed by atoms with Crippen molar-refractivity contribution in [3.63, 3.8) is 0 Å². The number of aliphatic hydroxyl groups excluding tert-OH is 1. The van der Waals surface area contributed by atoms with Crippen LogP contribution in [0.3, 0.4) is 0 Å². The van der Waals surface area contributed by atoms with Crippen LogP contribution >= 0.6 is 0 Å². The van der Waals surface area contributed by atoms with E-state index in [1.165, 1.54) is 0 Å². The van der Waals surface area contributed by atoms with Crippen LogP contribution in [0.15, 0.2) is 110 Å². The molecule has 3 aromatic rings. The van der Waals surface area contributed by atoms with E-state index >= 15 is 9.59 Å². The van der Waals surface area contributed by atoms with Gasteiger partial charge < -0.3 is 29.4 Å².